The van der Waals surface area contributed by atoms with Gasteiger partial charge in [-0.25, -0.2) is 0 Å². The minimum absolute atomic E-state index is 0.00808. The van der Waals surface area contributed by atoms with Crippen LogP contribution < -0.4 is 5.32 Å². The highest BCUT2D eigenvalue weighted by molar-refractivity contribution is 6.15. The van der Waals surface area contributed by atoms with E-state index in [1.54, 1.807) is 0 Å². The molecule has 192 valence electrons. The molecule has 0 aromatic heterocycles. The van der Waals surface area contributed by atoms with Gasteiger partial charge in [-0.05, 0) is 54.5 Å². The Labute approximate surface area is 228 Å². The van der Waals surface area contributed by atoms with Crippen molar-refractivity contribution in [3.8, 4) is 0 Å². The van der Waals surface area contributed by atoms with Gasteiger partial charge in [0.1, 0.15) is 5.54 Å². The molecule has 0 bridgehead atoms. The molecule has 4 aromatic carbocycles. The number of anilines is 1. The van der Waals surface area contributed by atoms with Crippen molar-refractivity contribution in [3.05, 3.63) is 136 Å². The number of carbonyl (C=O) groups is 2. The second-order valence-electron chi connectivity index (χ2n) is 11.7. The maximum absolute atomic E-state index is 15.2. The number of Topliss-reactive ketones (excluding diaryl/α,β-unsaturated/α-hetero) is 1. The van der Waals surface area contributed by atoms with Gasteiger partial charge in [-0.15, -0.1) is 0 Å². The van der Waals surface area contributed by atoms with Crippen LogP contribution in [0.2, 0.25) is 0 Å². The van der Waals surface area contributed by atoms with Crippen molar-refractivity contribution in [2.45, 2.75) is 50.2 Å². The molecule has 4 aromatic rings. The molecule has 39 heavy (non-hydrogen) atoms. The van der Waals surface area contributed by atoms with Crippen LogP contribution in [0.25, 0.3) is 0 Å². The monoisotopic (exact) mass is 510 g/mol. The van der Waals surface area contributed by atoms with Crippen molar-refractivity contribution in [2.75, 3.05) is 5.32 Å². The van der Waals surface area contributed by atoms with E-state index in [4.69, 9.17) is 0 Å². The molecule has 2 spiro atoms. The van der Waals surface area contributed by atoms with E-state index in [9.17, 15) is 4.79 Å². The maximum atomic E-state index is 15.2. The standard InChI is InChI=1S/C35H30N2O2/c1-22-14-16-24(17-15-22)31-30-20-25-9-2-3-10-26(25)21-37(30)35(28-12-6-7-13-29(28)36-33(35)39)34(31)19-18-23-8-4-5-11-27(23)32(34)38/h2-17,30-31H,18-21H2,1H3,(H,36,39)/t30-,31-,34-,35-/m0/s1. The van der Waals surface area contributed by atoms with E-state index in [1.165, 1.54) is 16.7 Å². The summed E-state index contributed by atoms with van der Waals surface area (Å²) in [7, 11) is 0. The van der Waals surface area contributed by atoms with Crippen molar-refractivity contribution in [2.24, 2.45) is 5.41 Å². The number of fused-ring (bicyclic) bond motifs is 7. The minimum atomic E-state index is -1.10. The first-order valence-electron chi connectivity index (χ1n) is 14.0. The Morgan fingerprint density at radius 1 is 0.795 bits per heavy atom. The summed E-state index contributed by atoms with van der Waals surface area (Å²) >= 11 is 0. The summed E-state index contributed by atoms with van der Waals surface area (Å²) in [6.45, 7) is 2.74. The average molecular weight is 511 g/mol. The lowest BCUT2D eigenvalue weighted by atomic mass is 9.53. The maximum Gasteiger partial charge on any atom is 0.250 e. The van der Waals surface area contributed by atoms with E-state index in [1.807, 2.05) is 36.4 Å². The normalized spacial score (nSPS) is 28.6. The van der Waals surface area contributed by atoms with Gasteiger partial charge in [0.15, 0.2) is 5.78 Å². The quantitative estimate of drug-likeness (QED) is 0.333. The van der Waals surface area contributed by atoms with Crippen molar-refractivity contribution in [3.63, 3.8) is 0 Å². The minimum Gasteiger partial charge on any atom is -0.324 e. The fraction of sp³-hybridized carbons (Fsp3) is 0.257. The van der Waals surface area contributed by atoms with Crippen LogP contribution in [0.4, 0.5) is 5.69 Å². The zero-order chi connectivity index (χ0) is 26.4. The molecular weight excluding hydrogens is 480 g/mol. The lowest BCUT2D eigenvalue weighted by Crippen LogP contribution is -2.61. The number of nitrogens with one attached hydrogen (secondary N) is 1. The molecule has 0 unspecified atom stereocenters. The van der Waals surface area contributed by atoms with Gasteiger partial charge >= 0.3 is 0 Å². The highest BCUT2D eigenvalue weighted by Crippen LogP contribution is 2.69. The number of para-hydroxylation sites is 1. The third-order valence-electron chi connectivity index (χ3n) is 10.1. The SMILES string of the molecule is Cc1ccc([C@H]2[C@@H]3Cc4ccccc4CN3[C@@]3(C(=O)Nc4ccccc43)[C@@]23CCc2ccccc2C3=O)cc1. The van der Waals surface area contributed by atoms with Crippen LogP contribution in [0, 0.1) is 12.3 Å². The summed E-state index contributed by atoms with van der Waals surface area (Å²) in [4.78, 5) is 32.3. The third-order valence-corrected chi connectivity index (χ3v) is 10.1. The summed E-state index contributed by atoms with van der Waals surface area (Å²) in [5.41, 5.74) is 6.50. The van der Waals surface area contributed by atoms with E-state index >= 15 is 4.79 Å². The predicted octanol–water partition coefficient (Wildman–Crippen LogP) is 6.18. The molecule has 4 atom stereocenters. The highest BCUT2D eigenvalue weighted by Gasteiger charge is 2.77. The van der Waals surface area contributed by atoms with Gasteiger partial charge in [-0.1, -0.05) is 96.6 Å². The van der Waals surface area contributed by atoms with E-state index in [2.05, 4.69) is 77.8 Å². The second kappa shape index (κ2) is 8.00. The molecule has 3 aliphatic heterocycles. The molecule has 4 aliphatic rings. The number of ketones is 1. The Balaban J connectivity index is 1.48. The molecule has 4 heteroatoms. The highest BCUT2D eigenvalue weighted by atomic mass is 16.2. The van der Waals surface area contributed by atoms with E-state index in [0.29, 0.717) is 13.0 Å². The lowest BCUT2D eigenvalue weighted by molar-refractivity contribution is -0.133. The molecule has 1 fully saturated rings. The van der Waals surface area contributed by atoms with Gasteiger partial charge in [0.05, 0.1) is 5.41 Å². The Morgan fingerprint density at radius 2 is 1.49 bits per heavy atom. The van der Waals surface area contributed by atoms with Crippen molar-refractivity contribution < 1.29 is 9.59 Å². The third kappa shape index (κ3) is 2.77. The molecular formula is C35H30N2O2. The Kier molecular flexibility index (Phi) is 4.70. The number of aryl methyl sites for hydroxylation is 2. The average Bonchev–Trinajstić information content (AvgIpc) is 3.40. The van der Waals surface area contributed by atoms with Gasteiger partial charge in [0.2, 0.25) is 0 Å². The topological polar surface area (TPSA) is 49.4 Å². The van der Waals surface area contributed by atoms with Crippen molar-refractivity contribution >= 4 is 17.4 Å². The van der Waals surface area contributed by atoms with Crippen LogP contribution in [0.1, 0.15) is 56.1 Å². The molecule has 1 N–H and O–H groups in total. The van der Waals surface area contributed by atoms with E-state index in [0.717, 1.165) is 40.8 Å². The summed E-state index contributed by atoms with van der Waals surface area (Å²) in [5, 5.41) is 3.25. The lowest BCUT2D eigenvalue weighted by Gasteiger charge is -2.49. The second-order valence-corrected chi connectivity index (χ2v) is 11.7. The number of benzene rings is 4. The summed E-state index contributed by atoms with van der Waals surface area (Å²) in [5.74, 6) is -0.0834. The fourth-order valence-corrected chi connectivity index (χ4v) is 8.56. The number of nitrogens with zero attached hydrogens (tertiary/aromatic N) is 1. The van der Waals surface area contributed by atoms with Gasteiger partial charge in [0, 0.05) is 35.3 Å². The van der Waals surface area contributed by atoms with Crippen LogP contribution in [-0.2, 0) is 29.7 Å². The first kappa shape index (κ1) is 22.9. The largest absolute Gasteiger partial charge is 0.324 e. The summed E-state index contributed by atoms with van der Waals surface area (Å²) in [6, 6.07) is 33.4. The number of amides is 1. The molecule has 1 saturated heterocycles. The molecule has 1 amide bonds. The molecule has 1 aliphatic carbocycles. The number of rotatable bonds is 1. The Morgan fingerprint density at radius 3 is 2.31 bits per heavy atom. The van der Waals surface area contributed by atoms with E-state index < -0.39 is 11.0 Å². The summed E-state index contributed by atoms with van der Waals surface area (Å²) < 4.78 is 0. The molecule has 0 saturated carbocycles. The Hall–Kier alpha value is -4.02. The van der Waals surface area contributed by atoms with Crippen molar-refractivity contribution in [1.29, 1.82) is 0 Å². The van der Waals surface area contributed by atoms with Gasteiger partial charge in [0.25, 0.3) is 5.91 Å². The molecule has 3 heterocycles. The first-order chi connectivity index (χ1) is 19.1. The van der Waals surface area contributed by atoms with Gasteiger partial charge < -0.3 is 5.32 Å². The number of hydrogen-bond acceptors (Lipinski definition) is 3. The molecule has 4 nitrogen and oxygen atoms in total. The van der Waals surface area contributed by atoms with Gasteiger partial charge in [-0.2, -0.15) is 0 Å². The number of carbonyl (C=O) groups excluding carboxylic acids is 2. The fourth-order valence-electron chi connectivity index (χ4n) is 8.56. The van der Waals surface area contributed by atoms with Gasteiger partial charge in [-0.3, -0.25) is 14.5 Å². The smallest absolute Gasteiger partial charge is 0.250 e. The van der Waals surface area contributed by atoms with Crippen molar-refractivity contribution in [1.82, 2.24) is 4.90 Å². The summed E-state index contributed by atoms with van der Waals surface area (Å²) in [6.07, 6.45) is 2.21. The van der Waals surface area contributed by atoms with Crippen LogP contribution >= 0.6 is 0 Å². The molecule has 8 rings (SSSR count). The van der Waals surface area contributed by atoms with Crippen LogP contribution in [-0.4, -0.2) is 22.6 Å². The number of hydrogen-bond donors (Lipinski definition) is 1. The van der Waals surface area contributed by atoms with Crippen LogP contribution in [0.3, 0.4) is 0 Å². The molecule has 0 radical (unpaired) electrons. The zero-order valence-electron chi connectivity index (χ0n) is 22.0. The van der Waals surface area contributed by atoms with Crippen LogP contribution in [0.5, 0.6) is 0 Å². The van der Waals surface area contributed by atoms with Crippen LogP contribution in [0.15, 0.2) is 97.1 Å². The Bertz CT molecular complexity index is 1670. The first-order valence-corrected chi connectivity index (χ1v) is 14.0. The predicted molar refractivity (Wildman–Crippen MR) is 152 cm³/mol. The van der Waals surface area contributed by atoms with E-state index in [-0.39, 0.29) is 23.7 Å². The zero-order valence-corrected chi connectivity index (χ0v) is 22.0.